The lowest BCUT2D eigenvalue weighted by molar-refractivity contribution is 0.0710. The van der Waals surface area contributed by atoms with Gasteiger partial charge in [-0.1, -0.05) is 0 Å². The number of H-pyrrole nitrogens is 1. The first-order valence-electron chi connectivity index (χ1n) is 6.99. The summed E-state index contributed by atoms with van der Waals surface area (Å²) in [6.07, 6.45) is 4.04. The Morgan fingerprint density at radius 2 is 2.35 bits per heavy atom. The fraction of sp³-hybridized carbons (Fsp3) is 0.467. The highest BCUT2D eigenvalue weighted by atomic mass is 32.1. The van der Waals surface area contributed by atoms with Crippen molar-refractivity contribution in [3.63, 3.8) is 0 Å². The van der Waals surface area contributed by atoms with Gasteiger partial charge in [0.25, 0.3) is 5.91 Å². The van der Waals surface area contributed by atoms with Crippen LogP contribution in [0.15, 0.2) is 17.6 Å². The van der Waals surface area contributed by atoms with Crippen molar-refractivity contribution in [2.75, 3.05) is 13.1 Å². The summed E-state index contributed by atoms with van der Waals surface area (Å²) in [5.41, 5.74) is 3.54. The number of carbonyl (C=O) groups excluding carboxylic acids is 1. The first-order chi connectivity index (χ1) is 9.65. The summed E-state index contributed by atoms with van der Waals surface area (Å²) in [4.78, 5) is 15.4. The highest BCUT2D eigenvalue weighted by Crippen LogP contribution is 2.29. The summed E-state index contributed by atoms with van der Waals surface area (Å²) < 4.78 is 0. The molecule has 0 aromatic carbocycles. The molecule has 0 radical (unpaired) electrons. The van der Waals surface area contributed by atoms with Crippen molar-refractivity contribution in [1.29, 1.82) is 0 Å². The third-order valence-corrected chi connectivity index (χ3v) is 4.96. The van der Waals surface area contributed by atoms with Crippen LogP contribution in [0.5, 0.6) is 0 Å². The van der Waals surface area contributed by atoms with Gasteiger partial charge >= 0.3 is 0 Å². The molecule has 0 bridgehead atoms. The number of nitrogens with one attached hydrogen (secondary N) is 1. The van der Waals surface area contributed by atoms with Crippen LogP contribution >= 0.6 is 11.3 Å². The molecule has 1 aliphatic rings. The molecule has 5 heteroatoms. The van der Waals surface area contributed by atoms with Crippen LogP contribution in [0.1, 0.15) is 45.3 Å². The van der Waals surface area contributed by atoms with Crippen LogP contribution in [0.4, 0.5) is 0 Å². The number of rotatable bonds is 2. The molecular formula is C15H19N3OS. The van der Waals surface area contributed by atoms with Crippen molar-refractivity contribution >= 4 is 17.2 Å². The second-order valence-corrected chi connectivity index (χ2v) is 6.46. The smallest absolute Gasteiger partial charge is 0.263 e. The van der Waals surface area contributed by atoms with E-state index < -0.39 is 0 Å². The summed E-state index contributed by atoms with van der Waals surface area (Å²) in [5, 5.41) is 9.23. The van der Waals surface area contributed by atoms with Crippen molar-refractivity contribution in [1.82, 2.24) is 15.1 Å². The largest absolute Gasteiger partial charge is 0.337 e. The van der Waals surface area contributed by atoms with Gasteiger partial charge in [0.15, 0.2) is 0 Å². The third kappa shape index (κ3) is 2.50. The maximum absolute atomic E-state index is 12.5. The number of thiophene rings is 1. The molecule has 0 spiro atoms. The molecular weight excluding hydrogens is 270 g/mol. The van der Waals surface area contributed by atoms with Crippen molar-refractivity contribution in [3.05, 3.63) is 39.3 Å². The highest BCUT2D eigenvalue weighted by Gasteiger charge is 2.27. The quantitative estimate of drug-likeness (QED) is 0.923. The molecule has 2 aromatic rings. The number of aryl methyl sites for hydroxylation is 2. The topological polar surface area (TPSA) is 49.0 Å². The number of aromatic amines is 1. The summed E-state index contributed by atoms with van der Waals surface area (Å²) in [5.74, 6) is 0.557. The van der Waals surface area contributed by atoms with Gasteiger partial charge in [-0.2, -0.15) is 5.10 Å². The van der Waals surface area contributed by atoms with E-state index in [0.717, 1.165) is 36.4 Å². The van der Waals surface area contributed by atoms with Gasteiger partial charge in [-0.3, -0.25) is 9.89 Å². The zero-order valence-electron chi connectivity index (χ0n) is 11.8. The van der Waals surface area contributed by atoms with Gasteiger partial charge in [-0.25, -0.2) is 0 Å². The molecule has 0 saturated carbocycles. The molecule has 1 atom stereocenters. The van der Waals surface area contributed by atoms with Gasteiger partial charge in [-0.05, 0) is 49.3 Å². The van der Waals surface area contributed by atoms with Gasteiger partial charge in [0.1, 0.15) is 0 Å². The predicted octanol–water partition coefficient (Wildman–Crippen LogP) is 3.11. The Morgan fingerprint density at radius 3 is 3.00 bits per heavy atom. The van der Waals surface area contributed by atoms with Gasteiger partial charge in [0.2, 0.25) is 0 Å². The predicted molar refractivity (Wildman–Crippen MR) is 80.3 cm³/mol. The fourth-order valence-corrected chi connectivity index (χ4v) is 3.73. The summed E-state index contributed by atoms with van der Waals surface area (Å²) in [7, 11) is 0. The van der Waals surface area contributed by atoms with E-state index in [0.29, 0.717) is 5.92 Å². The molecule has 1 N–H and O–H groups in total. The molecule has 106 valence electrons. The minimum Gasteiger partial charge on any atom is -0.337 e. The molecule has 4 nitrogen and oxygen atoms in total. The monoisotopic (exact) mass is 289 g/mol. The molecule has 0 aliphatic carbocycles. The fourth-order valence-electron chi connectivity index (χ4n) is 2.87. The first kappa shape index (κ1) is 13.4. The summed E-state index contributed by atoms with van der Waals surface area (Å²) in [6.45, 7) is 5.75. The second-order valence-electron chi connectivity index (χ2n) is 5.55. The van der Waals surface area contributed by atoms with Crippen LogP contribution < -0.4 is 0 Å². The summed E-state index contributed by atoms with van der Waals surface area (Å²) >= 11 is 1.54. The van der Waals surface area contributed by atoms with Gasteiger partial charge in [0.05, 0.1) is 11.1 Å². The number of likely N-dealkylation sites (tertiary alicyclic amines) is 1. The Kier molecular flexibility index (Phi) is 3.61. The van der Waals surface area contributed by atoms with Crippen LogP contribution in [0.25, 0.3) is 0 Å². The zero-order valence-corrected chi connectivity index (χ0v) is 12.7. The lowest BCUT2D eigenvalue weighted by atomic mass is 9.93. The number of hydrogen-bond acceptors (Lipinski definition) is 3. The number of piperidine rings is 1. The van der Waals surface area contributed by atoms with Crippen molar-refractivity contribution in [2.45, 2.75) is 32.6 Å². The van der Waals surface area contributed by atoms with Crippen LogP contribution in [0.2, 0.25) is 0 Å². The average Bonchev–Trinajstić information content (AvgIpc) is 3.07. The molecule has 3 heterocycles. The van der Waals surface area contributed by atoms with E-state index in [9.17, 15) is 4.79 Å². The Morgan fingerprint density at radius 1 is 1.50 bits per heavy atom. The molecule has 0 unspecified atom stereocenters. The maximum atomic E-state index is 12.5. The Bertz CT molecular complexity index is 616. The molecule has 1 fully saturated rings. The minimum absolute atomic E-state index is 0.171. The van der Waals surface area contributed by atoms with Crippen molar-refractivity contribution in [2.24, 2.45) is 0 Å². The van der Waals surface area contributed by atoms with E-state index in [4.69, 9.17) is 0 Å². The minimum atomic E-state index is 0.171. The Balaban J connectivity index is 1.75. The van der Waals surface area contributed by atoms with Crippen LogP contribution in [-0.2, 0) is 0 Å². The van der Waals surface area contributed by atoms with Crippen LogP contribution in [-0.4, -0.2) is 34.1 Å². The second kappa shape index (κ2) is 5.40. The molecule has 2 aromatic heterocycles. The van der Waals surface area contributed by atoms with Gasteiger partial charge < -0.3 is 4.90 Å². The SMILES string of the molecule is Cc1csc(C(=O)N2CCC[C@@H](c3[nH]ncc3C)C2)c1. The molecule has 20 heavy (non-hydrogen) atoms. The molecule has 1 amide bonds. The number of nitrogens with zero attached hydrogens (tertiary/aromatic N) is 2. The lowest BCUT2D eigenvalue weighted by Crippen LogP contribution is -2.39. The highest BCUT2D eigenvalue weighted by molar-refractivity contribution is 7.12. The number of aromatic nitrogens is 2. The van der Waals surface area contributed by atoms with Gasteiger partial charge in [-0.15, -0.1) is 11.3 Å². The van der Waals surface area contributed by atoms with Crippen molar-refractivity contribution in [3.8, 4) is 0 Å². The average molecular weight is 289 g/mol. The van der Waals surface area contributed by atoms with E-state index in [2.05, 4.69) is 17.1 Å². The lowest BCUT2D eigenvalue weighted by Gasteiger charge is -2.32. The molecule has 3 rings (SSSR count). The van der Waals surface area contributed by atoms with Gasteiger partial charge in [0, 0.05) is 24.7 Å². The maximum Gasteiger partial charge on any atom is 0.263 e. The number of amides is 1. The van der Waals surface area contributed by atoms with Crippen LogP contribution in [0.3, 0.4) is 0 Å². The standard InChI is InChI=1S/C15H19N3OS/c1-10-6-13(20-9-10)15(19)18-5-3-4-12(8-18)14-11(2)7-16-17-14/h6-7,9,12H,3-5,8H2,1-2H3,(H,16,17)/t12-/m1/s1. The van der Waals surface area contributed by atoms with E-state index in [1.807, 2.05) is 29.5 Å². The first-order valence-corrected chi connectivity index (χ1v) is 7.87. The van der Waals surface area contributed by atoms with E-state index >= 15 is 0 Å². The van der Waals surface area contributed by atoms with Crippen LogP contribution in [0, 0.1) is 13.8 Å². The summed E-state index contributed by atoms with van der Waals surface area (Å²) in [6, 6.07) is 1.98. The van der Waals surface area contributed by atoms with Crippen molar-refractivity contribution < 1.29 is 4.79 Å². The zero-order chi connectivity index (χ0) is 14.1. The number of carbonyl (C=O) groups is 1. The Labute approximate surface area is 122 Å². The third-order valence-electron chi connectivity index (χ3n) is 3.93. The number of hydrogen-bond donors (Lipinski definition) is 1. The van der Waals surface area contributed by atoms with E-state index in [-0.39, 0.29) is 5.91 Å². The molecule has 1 aliphatic heterocycles. The normalized spacial score (nSPS) is 19.3. The molecule has 1 saturated heterocycles. The van der Waals surface area contributed by atoms with E-state index in [1.54, 1.807) is 11.3 Å². The van der Waals surface area contributed by atoms with E-state index in [1.165, 1.54) is 11.3 Å². The Hall–Kier alpha value is -1.62.